The largest absolute Gasteiger partial charge is 0.508 e. The number of aromatic hydroxyl groups is 1. The predicted molar refractivity (Wildman–Crippen MR) is 80.0 cm³/mol. The standard InChI is InChI=1S/C8H10O.C7H8.C2H6/c1-2-7-5-3-4-6-8(7)9;1-7-5-3-2-4-6-7;1-2/h3-6,9H,2H2,1H3;2-6H,1H3;1-2H3. The van der Waals surface area contributed by atoms with E-state index in [4.69, 9.17) is 5.11 Å². The van der Waals surface area contributed by atoms with Crippen LogP contribution >= 0.6 is 0 Å². The van der Waals surface area contributed by atoms with Crippen molar-refractivity contribution >= 4 is 0 Å². The molecule has 0 spiro atoms. The predicted octanol–water partition coefficient (Wildman–Crippen LogP) is 4.98. The second kappa shape index (κ2) is 10.4. The van der Waals surface area contributed by atoms with E-state index in [0.29, 0.717) is 5.75 Å². The summed E-state index contributed by atoms with van der Waals surface area (Å²) >= 11 is 0. The number of rotatable bonds is 1. The van der Waals surface area contributed by atoms with E-state index < -0.39 is 0 Å². The highest BCUT2D eigenvalue weighted by molar-refractivity contribution is 5.31. The van der Waals surface area contributed by atoms with Gasteiger partial charge in [0.1, 0.15) is 5.75 Å². The van der Waals surface area contributed by atoms with Crippen LogP contribution < -0.4 is 0 Å². The Morgan fingerprint density at radius 2 is 1.33 bits per heavy atom. The molecule has 98 valence electrons. The van der Waals surface area contributed by atoms with E-state index in [-0.39, 0.29) is 0 Å². The molecule has 0 radical (unpaired) electrons. The number of hydrogen-bond donors (Lipinski definition) is 1. The van der Waals surface area contributed by atoms with Gasteiger partial charge in [-0.15, -0.1) is 0 Å². The van der Waals surface area contributed by atoms with Gasteiger partial charge in [-0.3, -0.25) is 0 Å². The van der Waals surface area contributed by atoms with Crippen LogP contribution in [0.5, 0.6) is 5.75 Å². The summed E-state index contributed by atoms with van der Waals surface area (Å²) in [4.78, 5) is 0. The lowest BCUT2D eigenvalue weighted by molar-refractivity contribution is 0.469. The van der Waals surface area contributed by atoms with Crippen molar-refractivity contribution in [2.75, 3.05) is 0 Å². The second-order valence-electron chi connectivity index (χ2n) is 3.64. The van der Waals surface area contributed by atoms with E-state index in [1.807, 2.05) is 57.2 Å². The normalized spacial score (nSPS) is 8.44. The van der Waals surface area contributed by atoms with Crippen LogP contribution in [-0.4, -0.2) is 5.11 Å². The molecule has 2 aromatic rings. The number of aryl methyl sites for hydroxylation is 2. The number of para-hydroxylation sites is 1. The zero-order valence-electron chi connectivity index (χ0n) is 11.9. The Hall–Kier alpha value is -1.76. The number of phenols is 1. The Kier molecular flexibility index (Phi) is 9.38. The first-order valence-electron chi connectivity index (χ1n) is 6.52. The molecule has 2 rings (SSSR count). The SMILES string of the molecule is CC.CCc1ccccc1O.Cc1ccccc1. The molecule has 1 heteroatoms. The van der Waals surface area contributed by atoms with Crippen LogP contribution in [0, 0.1) is 6.92 Å². The van der Waals surface area contributed by atoms with Gasteiger partial charge >= 0.3 is 0 Å². The first-order chi connectivity index (χ1) is 8.74. The molecule has 0 aromatic heterocycles. The van der Waals surface area contributed by atoms with Crippen LogP contribution in [0.15, 0.2) is 54.6 Å². The fourth-order valence-electron chi connectivity index (χ4n) is 1.34. The summed E-state index contributed by atoms with van der Waals surface area (Å²) in [7, 11) is 0. The average Bonchev–Trinajstić information content (AvgIpc) is 2.43. The van der Waals surface area contributed by atoms with Gasteiger partial charge in [0.15, 0.2) is 0 Å². The van der Waals surface area contributed by atoms with Crippen LogP contribution in [0.2, 0.25) is 0 Å². The maximum atomic E-state index is 9.11. The van der Waals surface area contributed by atoms with E-state index in [1.54, 1.807) is 6.07 Å². The lowest BCUT2D eigenvalue weighted by Gasteiger charge is -1.97. The van der Waals surface area contributed by atoms with Crippen molar-refractivity contribution in [2.45, 2.75) is 34.1 Å². The van der Waals surface area contributed by atoms with Crippen molar-refractivity contribution in [3.8, 4) is 5.75 Å². The Labute approximate surface area is 111 Å². The third kappa shape index (κ3) is 6.74. The Morgan fingerprint density at radius 1 is 0.833 bits per heavy atom. The summed E-state index contributed by atoms with van der Waals surface area (Å²) in [6, 6.07) is 17.7. The van der Waals surface area contributed by atoms with Crippen molar-refractivity contribution in [1.82, 2.24) is 0 Å². The number of benzene rings is 2. The lowest BCUT2D eigenvalue weighted by atomic mass is 10.1. The maximum absolute atomic E-state index is 9.11. The third-order valence-electron chi connectivity index (χ3n) is 2.31. The van der Waals surface area contributed by atoms with E-state index in [0.717, 1.165) is 12.0 Å². The smallest absolute Gasteiger partial charge is 0.118 e. The summed E-state index contributed by atoms with van der Waals surface area (Å²) in [5.74, 6) is 0.403. The molecule has 1 nitrogen and oxygen atoms in total. The minimum Gasteiger partial charge on any atom is -0.508 e. The Bertz CT molecular complexity index is 407. The summed E-state index contributed by atoms with van der Waals surface area (Å²) in [5.41, 5.74) is 2.33. The first kappa shape index (κ1) is 16.2. The lowest BCUT2D eigenvalue weighted by Crippen LogP contribution is -1.77. The van der Waals surface area contributed by atoms with Crippen molar-refractivity contribution < 1.29 is 5.11 Å². The monoisotopic (exact) mass is 244 g/mol. The topological polar surface area (TPSA) is 20.2 Å². The fourth-order valence-corrected chi connectivity index (χ4v) is 1.34. The van der Waals surface area contributed by atoms with Gasteiger partial charge in [-0.05, 0) is 25.0 Å². The van der Waals surface area contributed by atoms with Gasteiger partial charge < -0.3 is 5.11 Å². The molecule has 1 N–H and O–H groups in total. The van der Waals surface area contributed by atoms with Gasteiger partial charge in [-0.2, -0.15) is 0 Å². The van der Waals surface area contributed by atoms with Crippen LogP contribution in [0.4, 0.5) is 0 Å². The second-order valence-corrected chi connectivity index (χ2v) is 3.64. The molecule has 18 heavy (non-hydrogen) atoms. The molecule has 0 aliphatic rings. The van der Waals surface area contributed by atoms with Gasteiger partial charge in [-0.1, -0.05) is 74.9 Å². The van der Waals surface area contributed by atoms with Crippen LogP contribution in [0.3, 0.4) is 0 Å². The molecule has 0 aliphatic heterocycles. The molecular weight excluding hydrogens is 220 g/mol. The molecule has 0 saturated heterocycles. The summed E-state index contributed by atoms with van der Waals surface area (Å²) < 4.78 is 0. The minimum absolute atomic E-state index is 0.403. The van der Waals surface area contributed by atoms with Gasteiger partial charge in [0.2, 0.25) is 0 Å². The van der Waals surface area contributed by atoms with E-state index in [1.165, 1.54) is 5.56 Å². The molecule has 0 unspecified atom stereocenters. The number of hydrogen-bond acceptors (Lipinski definition) is 1. The van der Waals surface area contributed by atoms with Crippen molar-refractivity contribution in [1.29, 1.82) is 0 Å². The molecule has 0 atom stereocenters. The first-order valence-corrected chi connectivity index (χ1v) is 6.52. The summed E-state index contributed by atoms with van der Waals surface area (Å²) in [6.45, 7) is 8.11. The zero-order chi connectivity index (χ0) is 13.8. The molecular formula is C17H24O. The molecule has 0 fully saturated rings. The quantitative estimate of drug-likeness (QED) is 0.750. The highest BCUT2D eigenvalue weighted by atomic mass is 16.3. The van der Waals surface area contributed by atoms with Gasteiger partial charge in [-0.25, -0.2) is 0 Å². The minimum atomic E-state index is 0.403. The Balaban J connectivity index is 0.000000289. The molecule has 0 bridgehead atoms. The Morgan fingerprint density at radius 3 is 1.67 bits per heavy atom. The highest BCUT2D eigenvalue weighted by Gasteiger charge is 1.92. The van der Waals surface area contributed by atoms with E-state index in [9.17, 15) is 0 Å². The molecule has 0 aliphatic carbocycles. The molecule has 0 heterocycles. The van der Waals surface area contributed by atoms with Crippen LogP contribution in [0.1, 0.15) is 31.9 Å². The van der Waals surface area contributed by atoms with Crippen molar-refractivity contribution in [2.24, 2.45) is 0 Å². The zero-order valence-corrected chi connectivity index (χ0v) is 11.9. The molecule has 0 saturated carbocycles. The highest BCUT2D eigenvalue weighted by Crippen LogP contribution is 2.14. The number of phenolic OH excluding ortho intramolecular Hbond substituents is 1. The van der Waals surface area contributed by atoms with Gasteiger partial charge in [0.25, 0.3) is 0 Å². The summed E-state index contributed by atoms with van der Waals surface area (Å²) in [6.07, 6.45) is 0.896. The van der Waals surface area contributed by atoms with Crippen LogP contribution in [-0.2, 0) is 6.42 Å². The third-order valence-corrected chi connectivity index (χ3v) is 2.31. The molecule has 2 aromatic carbocycles. The molecule has 0 amide bonds. The van der Waals surface area contributed by atoms with Crippen molar-refractivity contribution in [3.05, 3.63) is 65.7 Å². The summed E-state index contributed by atoms with van der Waals surface area (Å²) in [5, 5.41) is 9.11. The van der Waals surface area contributed by atoms with Gasteiger partial charge in [0, 0.05) is 0 Å². The van der Waals surface area contributed by atoms with Gasteiger partial charge in [0.05, 0.1) is 0 Å². The fraction of sp³-hybridized carbons (Fsp3) is 0.294. The maximum Gasteiger partial charge on any atom is 0.118 e. The van der Waals surface area contributed by atoms with E-state index >= 15 is 0 Å². The van der Waals surface area contributed by atoms with Crippen LogP contribution in [0.25, 0.3) is 0 Å². The average molecular weight is 244 g/mol. The van der Waals surface area contributed by atoms with E-state index in [2.05, 4.69) is 19.1 Å². The van der Waals surface area contributed by atoms with Crippen molar-refractivity contribution in [3.63, 3.8) is 0 Å².